The minimum atomic E-state index is -0.560. The Balaban J connectivity index is 1.66. The molecule has 0 saturated carbocycles. The Morgan fingerprint density at radius 3 is 2.50 bits per heavy atom. The van der Waals surface area contributed by atoms with Gasteiger partial charge in [-0.1, -0.05) is 0 Å². The smallest absolute Gasteiger partial charge is 0.324 e. The predicted molar refractivity (Wildman–Crippen MR) is 94.7 cm³/mol. The number of imide groups is 1. The number of benzene rings is 1. The molecular weight excluding hydrogens is 340 g/mol. The number of rotatable bonds is 8. The maximum absolute atomic E-state index is 11.8. The number of carbonyl (C=O) groups excluding carboxylic acids is 4. The first kappa shape index (κ1) is 19.2. The van der Waals surface area contributed by atoms with E-state index in [1.165, 1.54) is 0 Å². The first-order chi connectivity index (χ1) is 12.4. The van der Waals surface area contributed by atoms with Crippen LogP contribution in [0.25, 0.3) is 0 Å². The Hall–Kier alpha value is -3.10. The minimum Gasteiger partial charge on any atom is -0.456 e. The standard InChI is InChI=1S/C17H22N4O5/c1-20(2)13-7-5-12(6-8-13)19-14(22)11-26-16(24)4-3-9-21-15(23)10-18-17(21)25/h5-8H,3-4,9-11H2,1-2H3,(H,18,25)(H,19,22). The summed E-state index contributed by atoms with van der Waals surface area (Å²) in [6.07, 6.45) is 0.299. The predicted octanol–water partition coefficient (Wildman–Crippen LogP) is 0.566. The molecule has 0 unspecified atom stereocenters. The second-order valence-electron chi connectivity index (χ2n) is 5.96. The van der Waals surface area contributed by atoms with Crippen molar-refractivity contribution in [2.75, 3.05) is 44.0 Å². The van der Waals surface area contributed by atoms with Gasteiger partial charge < -0.3 is 20.3 Å². The maximum atomic E-state index is 11.8. The van der Waals surface area contributed by atoms with Gasteiger partial charge in [-0.05, 0) is 30.7 Å². The van der Waals surface area contributed by atoms with E-state index in [4.69, 9.17) is 4.74 Å². The van der Waals surface area contributed by atoms with Crippen molar-refractivity contribution in [2.45, 2.75) is 12.8 Å². The highest BCUT2D eigenvalue weighted by Gasteiger charge is 2.27. The number of carbonyl (C=O) groups is 4. The van der Waals surface area contributed by atoms with Crippen LogP contribution in [0.4, 0.5) is 16.2 Å². The number of hydrogen-bond acceptors (Lipinski definition) is 6. The van der Waals surface area contributed by atoms with Gasteiger partial charge in [0.1, 0.15) is 0 Å². The zero-order valence-electron chi connectivity index (χ0n) is 14.8. The molecule has 1 aromatic rings. The van der Waals surface area contributed by atoms with Gasteiger partial charge in [-0.3, -0.25) is 19.3 Å². The Morgan fingerprint density at radius 1 is 1.23 bits per heavy atom. The van der Waals surface area contributed by atoms with E-state index in [0.717, 1.165) is 10.6 Å². The average Bonchev–Trinajstić information content (AvgIpc) is 2.92. The zero-order chi connectivity index (χ0) is 19.1. The number of hydrogen-bond donors (Lipinski definition) is 2. The summed E-state index contributed by atoms with van der Waals surface area (Å²) in [5, 5.41) is 5.03. The molecule has 1 saturated heterocycles. The number of ether oxygens (including phenoxy) is 1. The van der Waals surface area contributed by atoms with E-state index in [1.807, 2.05) is 31.1 Å². The maximum Gasteiger partial charge on any atom is 0.324 e. The van der Waals surface area contributed by atoms with Crippen molar-refractivity contribution in [3.05, 3.63) is 24.3 Å². The third-order valence-electron chi connectivity index (χ3n) is 3.73. The van der Waals surface area contributed by atoms with Gasteiger partial charge in [0.2, 0.25) is 5.91 Å². The highest BCUT2D eigenvalue weighted by atomic mass is 16.5. The van der Waals surface area contributed by atoms with Crippen molar-refractivity contribution in [2.24, 2.45) is 0 Å². The molecule has 0 atom stereocenters. The van der Waals surface area contributed by atoms with Gasteiger partial charge in [0.25, 0.3) is 5.91 Å². The lowest BCUT2D eigenvalue weighted by atomic mass is 10.2. The van der Waals surface area contributed by atoms with Crippen LogP contribution in [-0.2, 0) is 19.1 Å². The van der Waals surface area contributed by atoms with Gasteiger partial charge in [0, 0.05) is 38.4 Å². The molecule has 1 fully saturated rings. The van der Waals surface area contributed by atoms with E-state index < -0.39 is 24.5 Å². The van der Waals surface area contributed by atoms with Crippen molar-refractivity contribution in [1.82, 2.24) is 10.2 Å². The number of esters is 1. The van der Waals surface area contributed by atoms with Crippen molar-refractivity contribution in [1.29, 1.82) is 0 Å². The lowest BCUT2D eigenvalue weighted by molar-refractivity contribution is -0.147. The summed E-state index contributed by atoms with van der Waals surface area (Å²) in [7, 11) is 3.83. The van der Waals surface area contributed by atoms with Crippen molar-refractivity contribution < 1.29 is 23.9 Å². The molecule has 1 aromatic carbocycles. The summed E-state index contributed by atoms with van der Waals surface area (Å²) in [5.74, 6) is -1.32. The molecule has 140 valence electrons. The Labute approximate surface area is 151 Å². The number of nitrogens with one attached hydrogen (secondary N) is 2. The third-order valence-corrected chi connectivity index (χ3v) is 3.73. The van der Waals surface area contributed by atoms with Gasteiger partial charge >= 0.3 is 12.0 Å². The second-order valence-corrected chi connectivity index (χ2v) is 5.96. The Bertz CT molecular complexity index is 671. The van der Waals surface area contributed by atoms with Crippen LogP contribution in [-0.4, -0.2) is 62.5 Å². The molecule has 1 aliphatic heterocycles. The first-order valence-electron chi connectivity index (χ1n) is 8.18. The molecule has 1 aliphatic rings. The summed E-state index contributed by atoms with van der Waals surface area (Å²) >= 11 is 0. The zero-order valence-corrected chi connectivity index (χ0v) is 14.8. The van der Waals surface area contributed by atoms with Crippen molar-refractivity contribution in [3.8, 4) is 0 Å². The Morgan fingerprint density at radius 2 is 1.92 bits per heavy atom. The molecule has 2 rings (SSSR count). The van der Waals surface area contributed by atoms with Crippen LogP contribution in [0.15, 0.2) is 24.3 Å². The summed E-state index contributed by atoms with van der Waals surface area (Å²) in [6, 6.07) is 6.78. The molecule has 0 spiro atoms. The summed E-state index contributed by atoms with van der Waals surface area (Å²) in [6.45, 7) is -0.263. The molecule has 0 radical (unpaired) electrons. The summed E-state index contributed by atoms with van der Waals surface area (Å²) < 4.78 is 4.89. The van der Waals surface area contributed by atoms with Crippen molar-refractivity contribution >= 4 is 35.2 Å². The van der Waals surface area contributed by atoms with Crippen molar-refractivity contribution in [3.63, 3.8) is 0 Å². The number of anilines is 2. The van der Waals surface area contributed by atoms with Gasteiger partial charge in [-0.25, -0.2) is 4.79 Å². The number of amides is 4. The van der Waals surface area contributed by atoms with Gasteiger partial charge in [0.05, 0.1) is 6.54 Å². The van der Waals surface area contributed by atoms with Crippen LogP contribution in [0.3, 0.4) is 0 Å². The van der Waals surface area contributed by atoms with Gasteiger partial charge in [-0.15, -0.1) is 0 Å². The van der Waals surface area contributed by atoms with Crippen LogP contribution < -0.4 is 15.5 Å². The van der Waals surface area contributed by atoms with E-state index >= 15 is 0 Å². The first-order valence-corrected chi connectivity index (χ1v) is 8.18. The SMILES string of the molecule is CN(C)c1ccc(NC(=O)COC(=O)CCCN2C(=O)CNC2=O)cc1. The van der Waals surface area contributed by atoms with Gasteiger partial charge in [-0.2, -0.15) is 0 Å². The Kier molecular flexibility index (Phi) is 6.54. The lowest BCUT2D eigenvalue weighted by Crippen LogP contribution is -2.32. The minimum absolute atomic E-state index is 0.0149. The number of nitrogens with zero attached hydrogens (tertiary/aromatic N) is 2. The van der Waals surface area contributed by atoms with E-state index in [2.05, 4.69) is 10.6 Å². The molecular formula is C17H22N4O5. The van der Waals surface area contributed by atoms with Crippen LogP contribution in [0.1, 0.15) is 12.8 Å². The van der Waals surface area contributed by atoms with Crippen LogP contribution in [0.2, 0.25) is 0 Å². The molecule has 2 N–H and O–H groups in total. The third kappa shape index (κ3) is 5.47. The fourth-order valence-electron chi connectivity index (χ4n) is 2.32. The summed E-state index contributed by atoms with van der Waals surface area (Å²) in [4.78, 5) is 49.1. The molecule has 9 heteroatoms. The van der Waals surface area contributed by atoms with Crippen LogP contribution in [0, 0.1) is 0 Å². The monoisotopic (exact) mass is 362 g/mol. The van der Waals surface area contributed by atoms with E-state index in [1.54, 1.807) is 12.1 Å². The van der Waals surface area contributed by atoms with Crippen LogP contribution in [0.5, 0.6) is 0 Å². The molecule has 0 bridgehead atoms. The van der Waals surface area contributed by atoms with E-state index in [0.29, 0.717) is 5.69 Å². The fraction of sp³-hybridized carbons (Fsp3) is 0.412. The second kappa shape index (κ2) is 8.84. The topological polar surface area (TPSA) is 108 Å². The van der Waals surface area contributed by atoms with Gasteiger partial charge in [0.15, 0.2) is 6.61 Å². The highest BCUT2D eigenvalue weighted by molar-refractivity contribution is 6.01. The normalized spacial score (nSPS) is 13.4. The molecule has 1 heterocycles. The average molecular weight is 362 g/mol. The van der Waals surface area contributed by atoms with E-state index in [9.17, 15) is 19.2 Å². The highest BCUT2D eigenvalue weighted by Crippen LogP contribution is 2.15. The molecule has 4 amide bonds. The molecule has 0 aliphatic carbocycles. The van der Waals surface area contributed by atoms with E-state index in [-0.39, 0.29) is 31.8 Å². The summed E-state index contributed by atoms with van der Waals surface area (Å²) in [5.41, 5.74) is 1.61. The molecule has 26 heavy (non-hydrogen) atoms. The van der Waals surface area contributed by atoms with Crippen LogP contribution >= 0.6 is 0 Å². The molecule has 9 nitrogen and oxygen atoms in total. The fourth-order valence-corrected chi connectivity index (χ4v) is 2.32. The quantitative estimate of drug-likeness (QED) is 0.517. The number of urea groups is 1. The molecule has 0 aromatic heterocycles. The lowest BCUT2D eigenvalue weighted by Gasteiger charge is -2.13. The largest absolute Gasteiger partial charge is 0.456 e.